The van der Waals surface area contributed by atoms with Gasteiger partial charge in [0.15, 0.2) is 0 Å². The van der Waals surface area contributed by atoms with Crippen molar-refractivity contribution in [3.05, 3.63) is 40.9 Å². The van der Waals surface area contributed by atoms with Gasteiger partial charge in [0.25, 0.3) is 0 Å². The van der Waals surface area contributed by atoms with E-state index in [1.54, 1.807) is 32.2 Å². The minimum Gasteiger partial charge on any atom is -0.497 e. The van der Waals surface area contributed by atoms with Gasteiger partial charge in [-0.15, -0.1) is 10.2 Å². The molecule has 0 bridgehead atoms. The van der Waals surface area contributed by atoms with Gasteiger partial charge in [-0.1, -0.05) is 30.4 Å². The van der Waals surface area contributed by atoms with Crippen LogP contribution >= 0.6 is 11.3 Å². The zero-order valence-electron chi connectivity index (χ0n) is 14.3. The van der Waals surface area contributed by atoms with Crippen LogP contribution in [-0.4, -0.2) is 35.2 Å². The Kier molecular flexibility index (Phi) is 6.64. The van der Waals surface area contributed by atoms with Crippen LogP contribution < -0.4 is 15.4 Å². The highest BCUT2D eigenvalue weighted by molar-refractivity contribution is 7.15. The predicted molar refractivity (Wildman–Crippen MR) is 97.5 cm³/mol. The first-order valence-corrected chi connectivity index (χ1v) is 8.59. The largest absolute Gasteiger partial charge is 0.497 e. The number of hydrogen-bond acceptors (Lipinski definition) is 6. The molecule has 1 aromatic carbocycles. The van der Waals surface area contributed by atoms with Crippen LogP contribution in [0.2, 0.25) is 0 Å². The highest BCUT2D eigenvalue weighted by atomic mass is 32.1. The molecule has 2 aromatic rings. The van der Waals surface area contributed by atoms with E-state index in [2.05, 4.69) is 20.8 Å². The Morgan fingerprint density at radius 3 is 2.60 bits per heavy atom. The van der Waals surface area contributed by atoms with Gasteiger partial charge in [0.1, 0.15) is 16.8 Å². The number of benzene rings is 1. The van der Waals surface area contributed by atoms with Gasteiger partial charge in [-0.3, -0.25) is 14.9 Å². The molecule has 1 aromatic heterocycles. The van der Waals surface area contributed by atoms with Gasteiger partial charge in [0.05, 0.1) is 7.11 Å². The zero-order chi connectivity index (χ0) is 18.2. The number of anilines is 1. The van der Waals surface area contributed by atoms with Crippen molar-refractivity contribution in [1.29, 1.82) is 0 Å². The molecule has 0 radical (unpaired) electrons. The molecule has 0 spiro atoms. The van der Waals surface area contributed by atoms with E-state index in [9.17, 15) is 9.59 Å². The van der Waals surface area contributed by atoms with E-state index >= 15 is 0 Å². The molecule has 2 amide bonds. The average Bonchev–Trinajstić information content (AvgIpc) is 3.07. The Morgan fingerprint density at radius 2 is 2.00 bits per heavy atom. The average molecular weight is 360 g/mol. The molecule has 7 nitrogen and oxygen atoms in total. The second kappa shape index (κ2) is 8.93. The number of methoxy groups -OCH3 is 1. The van der Waals surface area contributed by atoms with Crippen molar-refractivity contribution in [2.75, 3.05) is 12.4 Å². The molecule has 2 N–H and O–H groups in total. The Balaban J connectivity index is 1.85. The second-order valence-electron chi connectivity index (χ2n) is 5.18. The first kappa shape index (κ1) is 18.6. The SMILES string of the molecule is CCc1nnc(NC(=O)C(C)NC(=O)/C=C/c2ccc(OC)cc2)s1. The minimum atomic E-state index is -0.693. The number of nitrogens with one attached hydrogen (secondary N) is 2. The predicted octanol–water partition coefficient (Wildman–Crippen LogP) is 2.27. The van der Waals surface area contributed by atoms with Crippen molar-refractivity contribution in [1.82, 2.24) is 15.5 Å². The molecule has 2 rings (SSSR count). The van der Waals surface area contributed by atoms with Crippen molar-refractivity contribution in [3.8, 4) is 5.75 Å². The van der Waals surface area contributed by atoms with Crippen LogP contribution in [0.25, 0.3) is 6.08 Å². The van der Waals surface area contributed by atoms with Crippen LogP contribution in [0.15, 0.2) is 30.3 Å². The van der Waals surface area contributed by atoms with Crippen molar-refractivity contribution >= 4 is 34.4 Å². The molecule has 8 heteroatoms. The lowest BCUT2D eigenvalue weighted by atomic mass is 10.2. The first-order chi connectivity index (χ1) is 12.0. The molecule has 1 unspecified atom stereocenters. The fourth-order valence-electron chi connectivity index (χ4n) is 1.87. The molecule has 1 atom stereocenters. The van der Waals surface area contributed by atoms with Crippen LogP contribution in [0.3, 0.4) is 0 Å². The van der Waals surface area contributed by atoms with Crippen molar-refractivity contribution in [2.45, 2.75) is 26.3 Å². The van der Waals surface area contributed by atoms with Crippen LogP contribution in [-0.2, 0) is 16.0 Å². The maximum Gasteiger partial charge on any atom is 0.248 e. The number of carbonyl (C=O) groups is 2. The van der Waals surface area contributed by atoms with Gasteiger partial charge in [-0.2, -0.15) is 0 Å². The molecular weight excluding hydrogens is 340 g/mol. The molecule has 0 aliphatic rings. The Hall–Kier alpha value is -2.74. The summed E-state index contributed by atoms with van der Waals surface area (Å²) in [5.41, 5.74) is 0.856. The summed E-state index contributed by atoms with van der Waals surface area (Å²) in [6, 6.07) is 6.58. The molecule has 0 fully saturated rings. The summed E-state index contributed by atoms with van der Waals surface area (Å²) < 4.78 is 5.07. The summed E-state index contributed by atoms with van der Waals surface area (Å²) in [6.45, 7) is 3.57. The molecule has 0 aliphatic heterocycles. The van der Waals surface area contributed by atoms with Crippen molar-refractivity contribution < 1.29 is 14.3 Å². The fourth-order valence-corrected chi connectivity index (χ4v) is 2.56. The van der Waals surface area contributed by atoms with E-state index in [0.717, 1.165) is 22.7 Å². The van der Waals surface area contributed by atoms with Crippen molar-refractivity contribution in [3.63, 3.8) is 0 Å². The third-order valence-electron chi connectivity index (χ3n) is 3.29. The van der Waals surface area contributed by atoms with Crippen LogP contribution in [0.5, 0.6) is 5.75 Å². The van der Waals surface area contributed by atoms with Gasteiger partial charge in [-0.05, 0) is 37.1 Å². The van der Waals surface area contributed by atoms with Gasteiger partial charge in [0.2, 0.25) is 16.9 Å². The van der Waals surface area contributed by atoms with Gasteiger partial charge in [-0.25, -0.2) is 0 Å². The van der Waals surface area contributed by atoms with E-state index in [4.69, 9.17) is 4.74 Å². The maximum absolute atomic E-state index is 12.1. The second-order valence-corrected chi connectivity index (χ2v) is 6.24. The highest BCUT2D eigenvalue weighted by Gasteiger charge is 2.16. The summed E-state index contributed by atoms with van der Waals surface area (Å²) in [5, 5.41) is 14.3. The van der Waals surface area contributed by atoms with E-state index in [0.29, 0.717) is 5.13 Å². The molecule has 1 heterocycles. The number of aromatic nitrogens is 2. The van der Waals surface area contributed by atoms with E-state index in [1.165, 1.54) is 17.4 Å². The summed E-state index contributed by atoms with van der Waals surface area (Å²) in [7, 11) is 1.59. The standard InChI is InChI=1S/C17H20N4O3S/c1-4-15-20-21-17(25-15)19-16(23)11(2)18-14(22)10-7-12-5-8-13(24-3)9-6-12/h5-11H,4H2,1-3H3,(H,18,22)(H,19,21,23)/b10-7+. The Labute approximate surface area is 150 Å². The zero-order valence-corrected chi connectivity index (χ0v) is 15.1. The lowest BCUT2D eigenvalue weighted by Crippen LogP contribution is -2.40. The third kappa shape index (κ3) is 5.68. The number of amides is 2. The lowest BCUT2D eigenvalue weighted by molar-refractivity contribution is -0.123. The van der Waals surface area contributed by atoms with Gasteiger partial charge < -0.3 is 10.1 Å². The Morgan fingerprint density at radius 1 is 1.28 bits per heavy atom. The summed E-state index contributed by atoms with van der Waals surface area (Å²) in [4.78, 5) is 24.0. The summed E-state index contributed by atoms with van der Waals surface area (Å²) in [6.07, 6.45) is 3.80. The monoisotopic (exact) mass is 360 g/mol. The molecular formula is C17H20N4O3S. The highest BCUT2D eigenvalue weighted by Crippen LogP contribution is 2.15. The number of carbonyl (C=O) groups excluding carboxylic acids is 2. The topological polar surface area (TPSA) is 93.2 Å². The quantitative estimate of drug-likeness (QED) is 0.739. The third-order valence-corrected chi connectivity index (χ3v) is 4.28. The minimum absolute atomic E-state index is 0.343. The summed E-state index contributed by atoms with van der Waals surface area (Å²) >= 11 is 1.32. The smallest absolute Gasteiger partial charge is 0.248 e. The van der Waals surface area contributed by atoms with Crippen LogP contribution in [0, 0.1) is 0 Å². The van der Waals surface area contributed by atoms with Gasteiger partial charge in [0, 0.05) is 6.08 Å². The lowest BCUT2D eigenvalue weighted by Gasteiger charge is -2.11. The molecule has 0 saturated heterocycles. The molecule has 0 saturated carbocycles. The number of rotatable bonds is 7. The number of nitrogens with zero attached hydrogens (tertiary/aromatic N) is 2. The molecule has 25 heavy (non-hydrogen) atoms. The van der Waals surface area contributed by atoms with E-state index in [1.807, 2.05) is 19.1 Å². The number of ether oxygens (including phenoxy) is 1. The normalized spacial score (nSPS) is 12.0. The first-order valence-electron chi connectivity index (χ1n) is 7.77. The molecule has 0 aliphatic carbocycles. The number of hydrogen-bond donors (Lipinski definition) is 2. The van der Waals surface area contributed by atoms with Crippen LogP contribution in [0.1, 0.15) is 24.4 Å². The van der Waals surface area contributed by atoms with Crippen LogP contribution in [0.4, 0.5) is 5.13 Å². The molecule has 132 valence electrons. The summed E-state index contributed by atoms with van der Waals surface area (Å²) in [5.74, 6) is 0.0461. The van der Waals surface area contributed by atoms with Gasteiger partial charge >= 0.3 is 0 Å². The number of aryl methyl sites for hydroxylation is 1. The fraction of sp³-hybridized carbons (Fsp3) is 0.294. The van der Waals surface area contributed by atoms with Crippen molar-refractivity contribution in [2.24, 2.45) is 0 Å². The Bertz CT molecular complexity index is 756. The van der Waals surface area contributed by atoms with E-state index in [-0.39, 0.29) is 11.8 Å². The van der Waals surface area contributed by atoms with E-state index < -0.39 is 6.04 Å². The maximum atomic E-state index is 12.1.